The Morgan fingerprint density at radius 1 is 1.03 bits per heavy atom. The number of hydrazone groups is 1. The Morgan fingerprint density at radius 2 is 1.54 bits per heavy atom. The van der Waals surface area contributed by atoms with Gasteiger partial charge in [0.1, 0.15) is 18.2 Å². The summed E-state index contributed by atoms with van der Waals surface area (Å²) >= 11 is 5.91. The summed E-state index contributed by atoms with van der Waals surface area (Å²) in [6.07, 6.45) is 1.48. The van der Waals surface area contributed by atoms with Gasteiger partial charge in [-0.15, -0.1) is 5.17 Å². The lowest BCUT2D eigenvalue weighted by Crippen LogP contribution is -2.18. The zero-order valence-electron chi connectivity index (χ0n) is 19.5. The molecule has 9 heteroatoms. The van der Waals surface area contributed by atoms with Gasteiger partial charge in [0.25, 0.3) is 0 Å². The van der Waals surface area contributed by atoms with Crippen LogP contribution in [0.1, 0.15) is 6.92 Å². The second kappa shape index (κ2) is 13.8. The maximum absolute atomic E-state index is 13.1. The van der Waals surface area contributed by atoms with E-state index in [0.29, 0.717) is 33.6 Å². The summed E-state index contributed by atoms with van der Waals surface area (Å²) < 4.78 is 19.0. The molecule has 0 radical (unpaired) electrons. The number of hydrogen-bond acceptors (Lipinski definition) is 7. The lowest BCUT2D eigenvalue weighted by atomic mass is 10.1. The quantitative estimate of drug-likeness (QED) is 0.455. The third kappa shape index (κ3) is 8.78. The highest BCUT2D eigenvalue weighted by Crippen LogP contribution is 2.25. The monoisotopic (exact) mass is 498 g/mol. The zero-order valence-corrected chi connectivity index (χ0v) is 20.2. The Balaban J connectivity index is 0.000000655. The van der Waals surface area contributed by atoms with Crippen LogP contribution < -0.4 is 21.4 Å². The van der Waals surface area contributed by atoms with Crippen LogP contribution in [0.5, 0.6) is 5.75 Å². The number of hydrogen-bond donors (Lipinski definition) is 3. The minimum Gasteiger partial charge on any atom is -0.457 e. The van der Waals surface area contributed by atoms with Crippen LogP contribution in [0.3, 0.4) is 0 Å². The van der Waals surface area contributed by atoms with E-state index in [1.165, 1.54) is 23.5 Å². The van der Waals surface area contributed by atoms with E-state index in [9.17, 15) is 4.39 Å². The molecule has 7 nitrogen and oxygen atoms in total. The Labute approximate surface area is 209 Å². The largest absolute Gasteiger partial charge is 0.457 e. The molecule has 0 atom stereocenters. The molecule has 35 heavy (non-hydrogen) atoms. The summed E-state index contributed by atoms with van der Waals surface area (Å²) in [4.78, 5) is 5.68. The highest BCUT2D eigenvalue weighted by atomic mass is 35.5. The van der Waals surface area contributed by atoms with Crippen molar-refractivity contribution < 1.29 is 19.1 Å². The summed E-state index contributed by atoms with van der Waals surface area (Å²) in [6, 6.07) is 20.8. The molecule has 0 aliphatic carbocycles. The smallest absolute Gasteiger partial charge is 0.157 e. The molecule has 0 fully saturated rings. The number of anilines is 1. The van der Waals surface area contributed by atoms with Gasteiger partial charge in [0, 0.05) is 12.1 Å². The first kappa shape index (κ1) is 27.4. The van der Waals surface area contributed by atoms with Crippen molar-refractivity contribution in [2.24, 2.45) is 16.6 Å². The lowest BCUT2D eigenvalue weighted by molar-refractivity contribution is 0.111. The molecule has 3 aromatic carbocycles. The molecular weight excluding hydrogens is 471 g/mol. The average Bonchev–Trinajstić information content (AvgIpc) is 3.03. The minimum absolute atomic E-state index is 0.105. The molecule has 0 saturated carbocycles. The second-order valence-corrected chi connectivity index (χ2v) is 7.56. The zero-order chi connectivity index (χ0) is 25.8. The van der Waals surface area contributed by atoms with Crippen LogP contribution in [0.2, 0.25) is 5.02 Å². The first-order valence-corrected chi connectivity index (χ1v) is 10.8. The number of ether oxygens (including phenoxy) is 1. The topological polar surface area (TPSA) is 106 Å². The Kier molecular flexibility index (Phi) is 10.8. The van der Waals surface area contributed by atoms with E-state index in [-0.39, 0.29) is 12.4 Å². The average molecular weight is 499 g/mol. The Bertz CT molecular complexity index is 1140. The second-order valence-electron chi connectivity index (χ2n) is 7.13. The summed E-state index contributed by atoms with van der Waals surface area (Å²) in [5.74, 6) is 0.782. The van der Waals surface area contributed by atoms with Crippen LogP contribution in [-0.4, -0.2) is 25.0 Å². The number of benzene rings is 3. The van der Waals surface area contributed by atoms with Crippen molar-refractivity contribution in [2.45, 2.75) is 6.92 Å². The van der Waals surface area contributed by atoms with Gasteiger partial charge in [-0.25, -0.2) is 9.23 Å². The van der Waals surface area contributed by atoms with Gasteiger partial charge in [0.05, 0.1) is 17.6 Å². The molecule has 0 bridgehead atoms. The third-order valence-corrected chi connectivity index (χ3v) is 4.51. The predicted octanol–water partition coefficient (Wildman–Crippen LogP) is 5.22. The van der Waals surface area contributed by atoms with Crippen molar-refractivity contribution in [3.63, 3.8) is 0 Å². The summed E-state index contributed by atoms with van der Waals surface area (Å²) in [5.41, 5.74) is 14.6. The van der Waals surface area contributed by atoms with Crippen molar-refractivity contribution in [3.05, 3.63) is 107 Å². The van der Waals surface area contributed by atoms with Gasteiger partial charge in [0.2, 0.25) is 0 Å². The predicted molar refractivity (Wildman–Crippen MR) is 139 cm³/mol. The fraction of sp³-hybridized carbons (Fsp3) is 0.115. The lowest BCUT2D eigenvalue weighted by Gasteiger charge is -2.17. The van der Waals surface area contributed by atoms with Gasteiger partial charge >= 0.3 is 0 Å². The molecule has 5 N–H and O–H groups in total. The van der Waals surface area contributed by atoms with Crippen molar-refractivity contribution in [1.82, 2.24) is 0 Å². The number of aliphatic hydroxyl groups is 1. The van der Waals surface area contributed by atoms with Crippen LogP contribution in [0, 0.1) is 5.82 Å². The number of nitrogens with zero attached hydrogens (tertiary/aromatic N) is 2. The first-order valence-electron chi connectivity index (χ1n) is 10.4. The first-order chi connectivity index (χ1) is 16.8. The maximum Gasteiger partial charge on any atom is 0.157 e. The van der Waals surface area contributed by atoms with E-state index >= 15 is 0 Å². The normalized spacial score (nSPS) is 12.5. The van der Waals surface area contributed by atoms with E-state index in [1.807, 2.05) is 24.3 Å². The molecule has 0 spiro atoms. The third-order valence-electron chi connectivity index (χ3n) is 4.26. The molecule has 1 aliphatic heterocycles. The van der Waals surface area contributed by atoms with Crippen molar-refractivity contribution in [1.29, 1.82) is 0 Å². The van der Waals surface area contributed by atoms with E-state index in [0.717, 1.165) is 18.2 Å². The number of nitrogens with two attached hydrogens (primary N) is 2. The van der Waals surface area contributed by atoms with Gasteiger partial charge in [-0.2, -0.15) is 5.10 Å². The van der Waals surface area contributed by atoms with Crippen LogP contribution in [0.25, 0.3) is 11.1 Å². The van der Waals surface area contributed by atoms with Gasteiger partial charge in [-0.3, -0.25) is 0 Å². The minimum atomic E-state index is -0.265. The van der Waals surface area contributed by atoms with Crippen LogP contribution in [-0.2, 0) is 4.84 Å². The number of allylic oxidation sites excluding steroid dienone is 2. The van der Waals surface area contributed by atoms with Crippen LogP contribution in [0.4, 0.5) is 10.1 Å². The van der Waals surface area contributed by atoms with Crippen molar-refractivity contribution in [3.8, 4) is 16.9 Å². The van der Waals surface area contributed by atoms with Crippen LogP contribution >= 0.6 is 11.6 Å². The molecule has 0 amide bonds. The van der Waals surface area contributed by atoms with E-state index in [2.05, 4.69) is 11.7 Å². The molecule has 1 heterocycles. The van der Waals surface area contributed by atoms with Crippen molar-refractivity contribution >= 4 is 23.5 Å². The number of aliphatic hydroxyl groups excluding tert-OH is 1. The molecule has 0 saturated heterocycles. The molecule has 1 aliphatic rings. The molecular formula is C26H28ClFN4O3. The number of rotatable bonds is 4. The summed E-state index contributed by atoms with van der Waals surface area (Å²) in [7, 11) is 1.00. The van der Waals surface area contributed by atoms with Gasteiger partial charge in [0.15, 0.2) is 5.76 Å². The van der Waals surface area contributed by atoms with E-state index < -0.39 is 0 Å². The van der Waals surface area contributed by atoms with Crippen LogP contribution in [0.15, 0.2) is 102 Å². The van der Waals surface area contributed by atoms with Gasteiger partial charge in [-0.05, 0) is 72.3 Å². The van der Waals surface area contributed by atoms with Gasteiger partial charge < -0.3 is 21.3 Å². The highest BCUT2D eigenvalue weighted by Gasteiger charge is 2.15. The molecule has 0 unspecified atom stereocenters. The fourth-order valence-corrected chi connectivity index (χ4v) is 2.85. The SMILES string of the molecule is C=C(C)N.CO.NC1=C(Oc2ccc(-c3ccc(F)cc3)cc2)CON(c2ccc(Cl)cc2)N=C1. The molecule has 0 aromatic heterocycles. The van der Waals surface area contributed by atoms with Crippen molar-refractivity contribution in [2.75, 3.05) is 18.9 Å². The summed E-state index contributed by atoms with van der Waals surface area (Å²) in [6.45, 7) is 5.19. The highest BCUT2D eigenvalue weighted by molar-refractivity contribution is 6.30. The number of halogens is 2. The fourth-order valence-electron chi connectivity index (χ4n) is 2.72. The van der Waals surface area contributed by atoms with E-state index in [1.54, 1.807) is 43.3 Å². The maximum atomic E-state index is 13.1. The molecule has 4 rings (SSSR count). The standard InChI is InChI=1S/C22H17ClFN3O2.C3H7N.CH4O/c23-17-5-9-19(10-6-17)27-26-13-21(25)22(14-28-27)29-20-11-3-16(4-12-20)15-1-7-18(24)8-2-15;1-3(2)4;1-2/h1-13H,14,25H2;1,4H2,2H3;2H,1H3. The summed E-state index contributed by atoms with van der Waals surface area (Å²) in [5, 5.41) is 13.2. The van der Waals surface area contributed by atoms with E-state index in [4.69, 9.17) is 37.7 Å². The Hall–Kier alpha value is -3.85. The molecule has 3 aromatic rings. The molecule has 184 valence electrons. The Morgan fingerprint density at radius 3 is 2.09 bits per heavy atom. The van der Waals surface area contributed by atoms with Gasteiger partial charge in [-0.1, -0.05) is 42.4 Å².